The Morgan fingerprint density at radius 2 is 1.93 bits per heavy atom. The van der Waals surface area contributed by atoms with Crippen LogP contribution in [0, 0.1) is 6.92 Å². The second-order valence-electron chi connectivity index (χ2n) is 6.99. The number of allylic oxidation sites excluding steroid dienone is 1. The van der Waals surface area contributed by atoms with Gasteiger partial charge >= 0.3 is 0 Å². The van der Waals surface area contributed by atoms with Gasteiger partial charge in [0.15, 0.2) is 11.5 Å². The standard InChI is InChI=1S/C21H26N4O2/c1-15-13-20(24-17-7-8-18-19(14-17)27-12-11-26-18)25-21(23-15)22-10-9-16-5-3-2-4-6-16/h5,7-8,13-14H,2-4,6,9-12H2,1H3,(H2,22,23,24,25). The van der Waals surface area contributed by atoms with Crippen LogP contribution >= 0.6 is 0 Å². The van der Waals surface area contributed by atoms with Gasteiger partial charge in [-0.1, -0.05) is 11.6 Å². The van der Waals surface area contributed by atoms with Gasteiger partial charge in [-0.25, -0.2) is 4.98 Å². The van der Waals surface area contributed by atoms with E-state index in [0.717, 1.165) is 41.7 Å². The summed E-state index contributed by atoms with van der Waals surface area (Å²) in [6, 6.07) is 7.76. The molecule has 1 aromatic carbocycles. The van der Waals surface area contributed by atoms with Gasteiger partial charge in [-0.3, -0.25) is 0 Å². The van der Waals surface area contributed by atoms with Gasteiger partial charge in [-0.2, -0.15) is 4.98 Å². The monoisotopic (exact) mass is 366 g/mol. The first-order valence-corrected chi connectivity index (χ1v) is 9.70. The molecule has 0 fully saturated rings. The maximum atomic E-state index is 5.64. The van der Waals surface area contributed by atoms with E-state index in [0.29, 0.717) is 19.2 Å². The second kappa shape index (κ2) is 8.29. The van der Waals surface area contributed by atoms with Gasteiger partial charge < -0.3 is 20.1 Å². The number of rotatable bonds is 6. The summed E-state index contributed by atoms with van der Waals surface area (Å²) in [5, 5.41) is 6.70. The molecule has 2 N–H and O–H groups in total. The van der Waals surface area contributed by atoms with E-state index >= 15 is 0 Å². The van der Waals surface area contributed by atoms with E-state index in [-0.39, 0.29) is 0 Å². The Labute approximate surface area is 160 Å². The number of benzene rings is 1. The van der Waals surface area contributed by atoms with Gasteiger partial charge in [0.2, 0.25) is 5.95 Å². The maximum absolute atomic E-state index is 5.64. The Kier molecular flexibility index (Phi) is 5.42. The lowest BCUT2D eigenvalue weighted by Crippen LogP contribution is -2.15. The number of ether oxygens (including phenoxy) is 2. The summed E-state index contributed by atoms with van der Waals surface area (Å²) in [6.07, 6.45) is 8.54. The number of anilines is 3. The van der Waals surface area contributed by atoms with Crippen molar-refractivity contribution in [1.82, 2.24) is 9.97 Å². The number of fused-ring (bicyclic) bond motifs is 1. The van der Waals surface area contributed by atoms with Crippen LogP contribution < -0.4 is 20.1 Å². The van der Waals surface area contributed by atoms with Crippen molar-refractivity contribution in [3.63, 3.8) is 0 Å². The van der Waals surface area contributed by atoms with Crippen LogP contribution in [0.5, 0.6) is 11.5 Å². The quantitative estimate of drug-likeness (QED) is 0.728. The van der Waals surface area contributed by atoms with Crippen molar-refractivity contribution in [3.05, 3.63) is 41.6 Å². The van der Waals surface area contributed by atoms with E-state index in [1.54, 1.807) is 5.57 Å². The molecule has 0 saturated heterocycles. The van der Waals surface area contributed by atoms with Crippen molar-refractivity contribution in [2.45, 2.75) is 39.0 Å². The molecular weight excluding hydrogens is 340 g/mol. The van der Waals surface area contributed by atoms with Gasteiger partial charge in [0.1, 0.15) is 19.0 Å². The Morgan fingerprint density at radius 3 is 2.78 bits per heavy atom. The van der Waals surface area contributed by atoms with Gasteiger partial charge in [-0.15, -0.1) is 0 Å². The third-order valence-electron chi connectivity index (χ3n) is 4.78. The zero-order valence-electron chi connectivity index (χ0n) is 15.8. The first kappa shape index (κ1) is 17.6. The van der Waals surface area contributed by atoms with Crippen LogP contribution in [0.4, 0.5) is 17.5 Å². The highest BCUT2D eigenvalue weighted by Gasteiger charge is 2.12. The molecule has 4 rings (SSSR count). The number of nitrogens with zero attached hydrogens (tertiary/aromatic N) is 2. The number of hydrogen-bond acceptors (Lipinski definition) is 6. The van der Waals surface area contributed by atoms with Crippen LogP contribution in [0.2, 0.25) is 0 Å². The number of nitrogens with one attached hydrogen (secondary N) is 2. The van der Waals surface area contributed by atoms with Gasteiger partial charge in [0.05, 0.1) is 0 Å². The van der Waals surface area contributed by atoms with Crippen molar-refractivity contribution >= 4 is 17.5 Å². The molecule has 0 unspecified atom stereocenters. The normalized spacial score (nSPS) is 15.8. The Bertz CT molecular complexity index is 835. The van der Waals surface area contributed by atoms with Crippen molar-refractivity contribution < 1.29 is 9.47 Å². The summed E-state index contributed by atoms with van der Waals surface area (Å²) in [4.78, 5) is 9.10. The Morgan fingerprint density at radius 1 is 1.04 bits per heavy atom. The van der Waals surface area contributed by atoms with Crippen LogP contribution in [0.1, 0.15) is 37.8 Å². The average Bonchev–Trinajstić information content (AvgIpc) is 2.68. The topological polar surface area (TPSA) is 68.3 Å². The smallest absolute Gasteiger partial charge is 0.224 e. The number of hydrogen-bond donors (Lipinski definition) is 2. The molecule has 27 heavy (non-hydrogen) atoms. The fourth-order valence-corrected chi connectivity index (χ4v) is 3.45. The van der Waals surface area contributed by atoms with Crippen LogP contribution in [0.3, 0.4) is 0 Å². The lowest BCUT2D eigenvalue weighted by atomic mass is 9.97. The molecule has 2 aliphatic rings. The average molecular weight is 366 g/mol. The predicted octanol–water partition coefficient (Wildman–Crippen LogP) is 4.60. The zero-order valence-corrected chi connectivity index (χ0v) is 15.8. The van der Waals surface area contributed by atoms with Gasteiger partial charge in [0.25, 0.3) is 0 Å². The fraction of sp³-hybridized carbons (Fsp3) is 0.429. The summed E-state index contributed by atoms with van der Waals surface area (Å²) < 4.78 is 11.2. The fourth-order valence-electron chi connectivity index (χ4n) is 3.45. The minimum atomic E-state index is 0.577. The molecular formula is C21H26N4O2. The molecule has 6 nitrogen and oxygen atoms in total. The summed E-state index contributed by atoms with van der Waals surface area (Å²) >= 11 is 0. The van der Waals surface area contributed by atoms with Gasteiger partial charge in [-0.05, 0) is 51.2 Å². The molecule has 1 aromatic heterocycles. The summed E-state index contributed by atoms with van der Waals surface area (Å²) in [5.41, 5.74) is 3.39. The Hall–Kier alpha value is -2.76. The SMILES string of the molecule is Cc1cc(Nc2ccc3c(c2)OCCO3)nc(NCCC2=CCCCC2)n1. The summed E-state index contributed by atoms with van der Waals surface area (Å²) in [7, 11) is 0. The third kappa shape index (κ3) is 4.70. The highest BCUT2D eigenvalue weighted by molar-refractivity contribution is 5.62. The number of aromatic nitrogens is 2. The molecule has 142 valence electrons. The van der Waals surface area contributed by atoms with E-state index < -0.39 is 0 Å². The second-order valence-corrected chi connectivity index (χ2v) is 6.99. The molecule has 1 aliphatic heterocycles. The largest absolute Gasteiger partial charge is 0.486 e. The van der Waals surface area contributed by atoms with Crippen molar-refractivity contribution in [3.8, 4) is 11.5 Å². The van der Waals surface area contributed by atoms with Gasteiger partial charge in [0, 0.05) is 30.1 Å². The van der Waals surface area contributed by atoms with Crippen molar-refractivity contribution in [2.24, 2.45) is 0 Å². The van der Waals surface area contributed by atoms with Crippen LogP contribution in [0.15, 0.2) is 35.9 Å². The summed E-state index contributed by atoms with van der Waals surface area (Å²) in [5.74, 6) is 2.96. The highest BCUT2D eigenvalue weighted by Crippen LogP contribution is 2.33. The predicted molar refractivity (Wildman–Crippen MR) is 107 cm³/mol. The molecule has 2 heterocycles. The van der Waals surface area contributed by atoms with E-state index in [9.17, 15) is 0 Å². The Balaban J connectivity index is 1.40. The minimum Gasteiger partial charge on any atom is -0.486 e. The molecule has 0 amide bonds. The van der Waals surface area contributed by atoms with Crippen LogP contribution in [0.25, 0.3) is 0 Å². The van der Waals surface area contributed by atoms with Crippen LogP contribution in [-0.4, -0.2) is 29.7 Å². The van der Waals surface area contributed by atoms with E-state index in [1.807, 2.05) is 31.2 Å². The maximum Gasteiger partial charge on any atom is 0.224 e. The molecule has 0 bridgehead atoms. The summed E-state index contributed by atoms with van der Waals surface area (Å²) in [6.45, 7) is 4.01. The van der Waals surface area contributed by atoms with E-state index in [2.05, 4.69) is 26.7 Å². The lowest BCUT2D eigenvalue weighted by Gasteiger charge is -2.19. The molecule has 0 saturated carbocycles. The molecule has 0 spiro atoms. The molecule has 1 aliphatic carbocycles. The van der Waals surface area contributed by atoms with E-state index in [4.69, 9.17) is 9.47 Å². The zero-order chi connectivity index (χ0) is 18.5. The first-order valence-electron chi connectivity index (χ1n) is 9.70. The molecule has 0 radical (unpaired) electrons. The lowest BCUT2D eigenvalue weighted by molar-refractivity contribution is 0.171. The molecule has 6 heteroatoms. The first-order chi connectivity index (χ1) is 13.3. The molecule has 0 atom stereocenters. The van der Waals surface area contributed by atoms with Crippen molar-refractivity contribution in [2.75, 3.05) is 30.4 Å². The van der Waals surface area contributed by atoms with Crippen molar-refractivity contribution in [1.29, 1.82) is 0 Å². The van der Waals surface area contributed by atoms with E-state index in [1.165, 1.54) is 25.7 Å². The number of aryl methyl sites for hydroxylation is 1. The highest BCUT2D eigenvalue weighted by atomic mass is 16.6. The third-order valence-corrected chi connectivity index (χ3v) is 4.78. The molecule has 2 aromatic rings. The minimum absolute atomic E-state index is 0.577. The van der Waals surface area contributed by atoms with Crippen LogP contribution in [-0.2, 0) is 0 Å².